The lowest BCUT2D eigenvalue weighted by molar-refractivity contribution is 0.285. The van der Waals surface area contributed by atoms with Crippen LogP contribution in [0.5, 0.6) is 5.75 Å². The molecule has 0 saturated heterocycles. The molecule has 0 spiro atoms. The highest BCUT2D eigenvalue weighted by Gasteiger charge is 2.16. The van der Waals surface area contributed by atoms with Crippen LogP contribution < -0.4 is 16.0 Å². The van der Waals surface area contributed by atoms with Crippen molar-refractivity contribution >= 4 is 15.9 Å². The van der Waals surface area contributed by atoms with Crippen molar-refractivity contribution in [3.05, 3.63) is 63.9 Å². The van der Waals surface area contributed by atoms with Crippen LogP contribution in [0.25, 0.3) is 0 Å². The Labute approximate surface area is 132 Å². The van der Waals surface area contributed by atoms with Gasteiger partial charge in [0.2, 0.25) is 0 Å². The molecule has 112 valence electrons. The summed E-state index contributed by atoms with van der Waals surface area (Å²) in [6.07, 6.45) is 0.567. The van der Waals surface area contributed by atoms with Gasteiger partial charge in [0.25, 0.3) is 0 Å². The molecular formula is C16H18BrFN2O. The first-order chi connectivity index (χ1) is 10.1. The Morgan fingerprint density at radius 3 is 2.76 bits per heavy atom. The van der Waals surface area contributed by atoms with Crippen LogP contribution in [0, 0.1) is 12.7 Å². The van der Waals surface area contributed by atoms with Crippen molar-refractivity contribution in [2.24, 2.45) is 5.84 Å². The number of ether oxygens (including phenoxy) is 1. The first-order valence-corrected chi connectivity index (χ1v) is 7.50. The van der Waals surface area contributed by atoms with E-state index in [-0.39, 0.29) is 11.9 Å². The van der Waals surface area contributed by atoms with E-state index in [0.29, 0.717) is 23.1 Å². The fourth-order valence-electron chi connectivity index (χ4n) is 2.12. The number of hydrogen-bond acceptors (Lipinski definition) is 3. The molecule has 0 aliphatic heterocycles. The van der Waals surface area contributed by atoms with Crippen molar-refractivity contribution in [3.8, 4) is 5.75 Å². The molecule has 0 aromatic heterocycles. The molecule has 2 aromatic rings. The van der Waals surface area contributed by atoms with Crippen LogP contribution in [0.3, 0.4) is 0 Å². The second-order valence-electron chi connectivity index (χ2n) is 4.82. The van der Waals surface area contributed by atoms with E-state index in [0.717, 1.165) is 11.3 Å². The zero-order valence-electron chi connectivity index (χ0n) is 11.8. The van der Waals surface area contributed by atoms with Gasteiger partial charge >= 0.3 is 0 Å². The van der Waals surface area contributed by atoms with E-state index >= 15 is 0 Å². The highest BCUT2D eigenvalue weighted by molar-refractivity contribution is 9.10. The molecule has 0 bridgehead atoms. The van der Waals surface area contributed by atoms with E-state index in [2.05, 4.69) is 21.4 Å². The molecule has 21 heavy (non-hydrogen) atoms. The molecule has 1 atom stereocenters. The van der Waals surface area contributed by atoms with Gasteiger partial charge in [-0.25, -0.2) is 4.39 Å². The highest BCUT2D eigenvalue weighted by Crippen LogP contribution is 2.25. The average molecular weight is 353 g/mol. The monoisotopic (exact) mass is 352 g/mol. The predicted molar refractivity (Wildman–Crippen MR) is 85.5 cm³/mol. The quantitative estimate of drug-likeness (QED) is 0.612. The van der Waals surface area contributed by atoms with Crippen LogP contribution in [-0.4, -0.2) is 6.61 Å². The maximum Gasteiger partial charge on any atom is 0.142 e. The molecule has 0 aliphatic rings. The van der Waals surface area contributed by atoms with Crippen LogP contribution in [-0.2, 0) is 0 Å². The van der Waals surface area contributed by atoms with Crippen LogP contribution >= 0.6 is 15.9 Å². The van der Waals surface area contributed by atoms with E-state index in [4.69, 9.17) is 10.6 Å². The summed E-state index contributed by atoms with van der Waals surface area (Å²) in [7, 11) is 0. The van der Waals surface area contributed by atoms with Gasteiger partial charge in [0.05, 0.1) is 17.1 Å². The number of nitrogens with two attached hydrogens (primary N) is 1. The predicted octanol–water partition coefficient (Wildman–Crippen LogP) is 3.87. The lowest BCUT2D eigenvalue weighted by atomic mass is 10.0. The number of rotatable bonds is 6. The summed E-state index contributed by atoms with van der Waals surface area (Å²) in [5.41, 5.74) is 4.31. The molecule has 2 aromatic carbocycles. The molecule has 0 aliphatic carbocycles. The summed E-state index contributed by atoms with van der Waals surface area (Å²) in [6, 6.07) is 12.7. The molecule has 5 heteroatoms. The lowest BCUT2D eigenvalue weighted by Crippen LogP contribution is -2.30. The maximum atomic E-state index is 14.1. The summed E-state index contributed by atoms with van der Waals surface area (Å²) in [6.45, 7) is 2.46. The number of aryl methyl sites for hydroxylation is 1. The van der Waals surface area contributed by atoms with E-state index in [1.165, 1.54) is 0 Å². The third-order valence-corrected chi connectivity index (χ3v) is 3.84. The molecular weight excluding hydrogens is 335 g/mol. The van der Waals surface area contributed by atoms with Crippen molar-refractivity contribution in [2.45, 2.75) is 19.4 Å². The molecule has 3 nitrogen and oxygen atoms in total. The Morgan fingerprint density at radius 1 is 1.29 bits per heavy atom. The first-order valence-electron chi connectivity index (χ1n) is 6.71. The van der Waals surface area contributed by atoms with Gasteiger partial charge in [-0.15, -0.1) is 0 Å². The Balaban J connectivity index is 1.98. The van der Waals surface area contributed by atoms with Crippen LogP contribution in [0.4, 0.5) is 4.39 Å². The fourth-order valence-corrected chi connectivity index (χ4v) is 2.50. The molecule has 1 unspecified atom stereocenters. The van der Waals surface area contributed by atoms with Crippen molar-refractivity contribution in [3.63, 3.8) is 0 Å². The van der Waals surface area contributed by atoms with Gasteiger partial charge in [0.1, 0.15) is 11.6 Å². The number of hydrogen-bond donors (Lipinski definition) is 2. The van der Waals surface area contributed by atoms with Crippen LogP contribution in [0.1, 0.15) is 23.6 Å². The standard InChI is InChI=1S/C16H18BrFN2O/c1-11-4-2-5-12(10-11)21-9-8-15(20-19)13-6-3-7-14(17)16(13)18/h2-7,10,15,20H,8-9,19H2,1H3. The van der Waals surface area contributed by atoms with Gasteiger partial charge in [0.15, 0.2) is 0 Å². The third-order valence-electron chi connectivity index (χ3n) is 3.22. The average Bonchev–Trinajstić information content (AvgIpc) is 2.47. The fraction of sp³-hybridized carbons (Fsp3) is 0.250. The van der Waals surface area contributed by atoms with Crippen molar-refractivity contribution in [1.29, 1.82) is 0 Å². The minimum atomic E-state index is -0.299. The Bertz CT molecular complexity index is 607. The number of halogens is 2. The first kappa shape index (κ1) is 15.9. The highest BCUT2D eigenvalue weighted by atomic mass is 79.9. The summed E-state index contributed by atoms with van der Waals surface area (Å²) in [5.74, 6) is 6.05. The van der Waals surface area contributed by atoms with E-state index < -0.39 is 0 Å². The van der Waals surface area contributed by atoms with E-state index in [9.17, 15) is 4.39 Å². The molecule has 0 fully saturated rings. The van der Waals surface area contributed by atoms with Crippen LogP contribution in [0.2, 0.25) is 0 Å². The maximum absolute atomic E-state index is 14.1. The van der Waals surface area contributed by atoms with Gasteiger partial charge in [-0.3, -0.25) is 11.3 Å². The smallest absolute Gasteiger partial charge is 0.142 e. The molecule has 3 N–H and O–H groups in total. The summed E-state index contributed by atoms with van der Waals surface area (Å²) in [4.78, 5) is 0. The summed E-state index contributed by atoms with van der Waals surface area (Å²) < 4.78 is 20.2. The van der Waals surface area contributed by atoms with Gasteiger partial charge in [-0.1, -0.05) is 24.3 Å². The molecule has 2 rings (SSSR count). The minimum Gasteiger partial charge on any atom is -0.494 e. The molecule has 0 radical (unpaired) electrons. The normalized spacial score (nSPS) is 12.2. The summed E-state index contributed by atoms with van der Waals surface area (Å²) >= 11 is 3.18. The third kappa shape index (κ3) is 4.27. The Hall–Kier alpha value is -1.43. The topological polar surface area (TPSA) is 47.3 Å². The van der Waals surface area contributed by atoms with E-state index in [1.807, 2.05) is 31.2 Å². The lowest BCUT2D eigenvalue weighted by Gasteiger charge is -2.18. The zero-order chi connectivity index (χ0) is 15.2. The van der Waals surface area contributed by atoms with Crippen LogP contribution in [0.15, 0.2) is 46.9 Å². The SMILES string of the molecule is Cc1cccc(OCCC(NN)c2cccc(Br)c2F)c1. The number of hydrazine groups is 1. The van der Waals surface area contributed by atoms with Crippen molar-refractivity contribution < 1.29 is 9.13 Å². The van der Waals surface area contributed by atoms with Crippen molar-refractivity contribution in [1.82, 2.24) is 5.43 Å². The summed E-state index contributed by atoms with van der Waals surface area (Å²) in [5, 5.41) is 0. The zero-order valence-corrected chi connectivity index (χ0v) is 13.4. The van der Waals surface area contributed by atoms with Gasteiger partial charge in [0, 0.05) is 12.0 Å². The number of nitrogens with one attached hydrogen (secondary N) is 1. The minimum absolute atomic E-state index is 0.295. The molecule has 0 heterocycles. The molecule has 0 saturated carbocycles. The molecule has 0 amide bonds. The Morgan fingerprint density at radius 2 is 2.05 bits per heavy atom. The second-order valence-corrected chi connectivity index (χ2v) is 5.67. The number of benzene rings is 2. The van der Waals surface area contributed by atoms with E-state index in [1.54, 1.807) is 18.2 Å². The van der Waals surface area contributed by atoms with Gasteiger partial charge in [-0.05, 0) is 46.6 Å². The van der Waals surface area contributed by atoms with Gasteiger partial charge in [-0.2, -0.15) is 0 Å². The Kier molecular flexibility index (Phi) is 5.73. The van der Waals surface area contributed by atoms with Gasteiger partial charge < -0.3 is 4.74 Å². The van der Waals surface area contributed by atoms with Crippen molar-refractivity contribution in [2.75, 3.05) is 6.61 Å². The second kappa shape index (κ2) is 7.54. The largest absolute Gasteiger partial charge is 0.494 e.